The molecule has 1 heterocycles. The van der Waals surface area contributed by atoms with Crippen molar-refractivity contribution in [2.45, 2.75) is 32.0 Å². The fourth-order valence-corrected chi connectivity index (χ4v) is 5.73. The fourth-order valence-electron chi connectivity index (χ4n) is 5.73. The lowest BCUT2D eigenvalue weighted by molar-refractivity contribution is -0.199. The van der Waals surface area contributed by atoms with Crippen molar-refractivity contribution in [2.24, 2.45) is 0 Å². The summed E-state index contributed by atoms with van der Waals surface area (Å²) in [5.41, 5.74) is 5.75. The summed E-state index contributed by atoms with van der Waals surface area (Å²) in [6, 6.07) is 25.4. The molecule has 242 valence electrons. The molecule has 2 atom stereocenters. The molecule has 46 heavy (non-hydrogen) atoms. The normalized spacial score (nSPS) is 17.5. The first-order valence-corrected chi connectivity index (χ1v) is 15.0. The second-order valence-electron chi connectivity index (χ2n) is 11.2. The standard InChI is InChI=1S/C34H38N4O8/c1-23-17-37(34(44)38(32(23)42)22-45-20-24-9-3-2-4-10-24)18-30(39)36(19-31(40)41)16-15-35-33(43)46-21-29-27-13-7-5-11-25(27)26-12-6-8-14-28(26)29/h2-14,17,29,32,34,42,44H,15-16,18-22H2,1H3,(H,35,43)(H,40,41). The monoisotopic (exact) mass is 630 g/mol. The number of hydrogen-bond acceptors (Lipinski definition) is 9. The van der Waals surface area contributed by atoms with Gasteiger partial charge >= 0.3 is 12.1 Å². The lowest BCUT2D eigenvalue weighted by atomic mass is 9.98. The van der Waals surface area contributed by atoms with Crippen LogP contribution in [0.3, 0.4) is 0 Å². The Bertz CT molecular complexity index is 1520. The molecular formula is C34H38N4O8. The molecule has 0 aromatic heterocycles. The molecule has 0 radical (unpaired) electrons. The van der Waals surface area contributed by atoms with E-state index in [-0.39, 0.29) is 45.5 Å². The van der Waals surface area contributed by atoms with Gasteiger partial charge < -0.3 is 39.9 Å². The van der Waals surface area contributed by atoms with E-state index in [1.807, 2.05) is 78.9 Å². The Morgan fingerprint density at radius 3 is 2.20 bits per heavy atom. The van der Waals surface area contributed by atoms with Crippen LogP contribution in [0.2, 0.25) is 0 Å². The van der Waals surface area contributed by atoms with Gasteiger partial charge in [0, 0.05) is 25.2 Å². The van der Waals surface area contributed by atoms with E-state index >= 15 is 0 Å². The van der Waals surface area contributed by atoms with E-state index in [0.29, 0.717) is 5.57 Å². The van der Waals surface area contributed by atoms with Crippen molar-refractivity contribution in [1.82, 2.24) is 20.0 Å². The SMILES string of the molecule is CC1=CN(CC(=O)N(CCNC(=O)OCC2c3ccccc3-c3ccccc32)CC(=O)O)C(O)N(COCc2ccccc2)C1O. The van der Waals surface area contributed by atoms with Crippen molar-refractivity contribution >= 4 is 18.0 Å². The third kappa shape index (κ3) is 7.72. The van der Waals surface area contributed by atoms with Gasteiger partial charge in [0.25, 0.3) is 0 Å². The van der Waals surface area contributed by atoms with Crippen molar-refractivity contribution in [2.75, 3.05) is 39.5 Å². The molecule has 3 aromatic carbocycles. The number of carboxylic acids is 1. The second-order valence-corrected chi connectivity index (χ2v) is 11.2. The van der Waals surface area contributed by atoms with Crippen LogP contribution in [-0.2, 0) is 25.7 Å². The average molecular weight is 631 g/mol. The molecule has 12 nitrogen and oxygen atoms in total. The number of amides is 2. The molecule has 0 fully saturated rings. The summed E-state index contributed by atoms with van der Waals surface area (Å²) in [7, 11) is 0. The zero-order valence-electron chi connectivity index (χ0n) is 25.5. The minimum absolute atomic E-state index is 0.0503. The molecule has 3 aromatic rings. The summed E-state index contributed by atoms with van der Waals surface area (Å²) in [5, 5.41) is 33.6. The number of carboxylic acid groups (broad SMARTS) is 1. The predicted molar refractivity (Wildman–Crippen MR) is 168 cm³/mol. The van der Waals surface area contributed by atoms with E-state index in [4.69, 9.17) is 9.47 Å². The quantitative estimate of drug-likeness (QED) is 0.222. The van der Waals surface area contributed by atoms with Crippen LogP contribution in [0.15, 0.2) is 90.6 Å². The zero-order chi connectivity index (χ0) is 32.6. The Hall–Kier alpha value is -4.75. The molecule has 2 aliphatic rings. The highest BCUT2D eigenvalue weighted by atomic mass is 16.5. The number of carbonyl (C=O) groups is 3. The highest BCUT2D eigenvalue weighted by Gasteiger charge is 2.35. The molecular weight excluding hydrogens is 592 g/mol. The van der Waals surface area contributed by atoms with Crippen LogP contribution < -0.4 is 5.32 Å². The van der Waals surface area contributed by atoms with Gasteiger partial charge in [-0.25, -0.2) is 9.69 Å². The molecule has 12 heteroatoms. The number of aliphatic hydroxyl groups is 2. The summed E-state index contributed by atoms with van der Waals surface area (Å²) in [5.74, 6) is -1.94. The van der Waals surface area contributed by atoms with E-state index in [1.165, 1.54) is 16.0 Å². The van der Waals surface area contributed by atoms with Crippen LogP contribution in [0.1, 0.15) is 29.5 Å². The van der Waals surface area contributed by atoms with E-state index in [1.54, 1.807) is 6.92 Å². The number of nitrogens with one attached hydrogen (secondary N) is 1. The predicted octanol–water partition coefficient (Wildman–Crippen LogP) is 2.73. The van der Waals surface area contributed by atoms with Crippen molar-refractivity contribution in [1.29, 1.82) is 0 Å². The van der Waals surface area contributed by atoms with Crippen molar-refractivity contribution in [3.05, 3.63) is 107 Å². The minimum Gasteiger partial charge on any atom is -0.480 e. The molecule has 1 aliphatic heterocycles. The lowest BCUT2D eigenvalue weighted by Crippen LogP contribution is -2.57. The average Bonchev–Trinajstić information content (AvgIpc) is 3.37. The van der Waals surface area contributed by atoms with Crippen LogP contribution in [0.5, 0.6) is 0 Å². The number of aliphatic hydroxyl groups excluding tert-OH is 2. The molecule has 2 unspecified atom stereocenters. The molecule has 0 bridgehead atoms. The topological polar surface area (TPSA) is 152 Å². The maximum Gasteiger partial charge on any atom is 0.407 e. The molecule has 0 spiro atoms. The Morgan fingerprint density at radius 1 is 0.913 bits per heavy atom. The molecule has 4 N–H and O–H groups in total. The maximum atomic E-state index is 13.2. The Kier molecular flexibility index (Phi) is 10.7. The minimum atomic E-state index is -1.41. The van der Waals surface area contributed by atoms with Crippen LogP contribution in [0, 0.1) is 0 Å². The van der Waals surface area contributed by atoms with Gasteiger partial charge in [0.05, 0.1) is 6.61 Å². The summed E-state index contributed by atoms with van der Waals surface area (Å²) in [4.78, 5) is 41.0. The number of ether oxygens (including phenoxy) is 2. The summed E-state index contributed by atoms with van der Waals surface area (Å²) in [6.45, 7) is 0.749. The van der Waals surface area contributed by atoms with Crippen LogP contribution in [-0.4, -0.2) is 100 Å². The third-order valence-corrected chi connectivity index (χ3v) is 8.03. The van der Waals surface area contributed by atoms with Crippen LogP contribution in [0.25, 0.3) is 11.1 Å². The van der Waals surface area contributed by atoms with Gasteiger partial charge in [-0.05, 0) is 40.3 Å². The fraction of sp³-hybridized carbons (Fsp3) is 0.324. The number of rotatable bonds is 13. The smallest absolute Gasteiger partial charge is 0.407 e. The third-order valence-electron chi connectivity index (χ3n) is 8.03. The largest absolute Gasteiger partial charge is 0.480 e. The molecule has 0 saturated carbocycles. The Morgan fingerprint density at radius 2 is 1.54 bits per heavy atom. The van der Waals surface area contributed by atoms with Gasteiger partial charge in [-0.3, -0.25) is 9.59 Å². The highest BCUT2D eigenvalue weighted by molar-refractivity contribution is 5.83. The van der Waals surface area contributed by atoms with Gasteiger partial charge in [-0.2, -0.15) is 0 Å². The molecule has 0 saturated heterocycles. The first kappa shape index (κ1) is 32.6. The van der Waals surface area contributed by atoms with Crippen LogP contribution in [0.4, 0.5) is 4.79 Å². The molecule has 2 amide bonds. The summed E-state index contributed by atoms with van der Waals surface area (Å²) < 4.78 is 11.2. The van der Waals surface area contributed by atoms with Gasteiger partial charge in [-0.15, -0.1) is 0 Å². The number of fused-ring (bicyclic) bond motifs is 3. The number of carbonyl (C=O) groups excluding carboxylic acids is 2. The van der Waals surface area contributed by atoms with Gasteiger partial charge in [0.15, 0.2) is 6.35 Å². The second kappa shape index (κ2) is 15.0. The molecule has 1 aliphatic carbocycles. The zero-order valence-corrected chi connectivity index (χ0v) is 25.5. The van der Waals surface area contributed by atoms with E-state index in [0.717, 1.165) is 32.7 Å². The first-order chi connectivity index (χ1) is 22.2. The van der Waals surface area contributed by atoms with Crippen molar-refractivity contribution in [3.8, 4) is 11.1 Å². The number of benzene rings is 3. The number of aliphatic carboxylic acids is 1. The maximum absolute atomic E-state index is 13.2. The lowest BCUT2D eigenvalue weighted by Gasteiger charge is -2.42. The van der Waals surface area contributed by atoms with E-state index < -0.39 is 37.1 Å². The first-order valence-electron chi connectivity index (χ1n) is 15.0. The van der Waals surface area contributed by atoms with Crippen molar-refractivity contribution in [3.63, 3.8) is 0 Å². The van der Waals surface area contributed by atoms with Gasteiger partial charge in [-0.1, -0.05) is 78.9 Å². The highest BCUT2D eigenvalue weighted by Crippen LogP contribution is 2.44. The van der Waals surface area contributed by atoms with Gasteiger partial charge in [0.2, 0.25) is 5.91 Å². The summed E-state index contributed by atoms with van der Waals surface area (Å²) in [6.07, 6.45) is -1.79. The van der Waals surface area contributed by atoms with E-state index in [2.05, 4.69) is 5.32 Å². The van der Waals surface area contributed by atoms with E-state index in [9.17, 15) is 29.7 Å². The summed E-state index contributed by atoms with van der Waals surface area (Å²) >= 11 is 0. The molecule has 5 rings (SSSR count). The number of alkyl carbamates (subject to hydrolysis) is 1. The van der Waals surface area contributed by atoms with Crippen molar-refractivity contribution < 1.29 is 39.2 Å². The van der Waals surface area contributed by atoms with Crippen LogP contribution >= 0.6 is 0 Å². The Balaban J connectivity index is 1.13. The van der Waals surface area contributed by atoms with Gasteiger partial charge in [0.1, 0.15) is 32.7 Å². The Labute approximate surface area is 267 Å². The number of hydrogen-bond donors (Lipinski definition) is 4. The number of nitrogens with zero attached hydrogens (tertiary/aromatic N) is 3.